The molecule has 3 amide bonds. The van der Waals surface area contributed by atoms with Gasteiger partial charge >= 0.3 is 12.2 Å². The fourth-order valence-electron chi connectivity index (χ4n) is 5.15. The van der Waals surface area contributed by atoms with Crippen LogP contribution in [-0.4, -0.2) is 85.8 Å². The number of carbonyl (C=O) groups is 2. The van der Waals surface area contributed by atoms with Gasteiger partial charge < -0.3 is 29.9 Å². The lowest BCUT2D eigenvalue weighted by molar-refractivity contribution is -0.139. The predicted molar refractivity (Wildman–Crippen MR) is 129 cm³/mol. The summed E-state index contributed by atoms with van der Waals surface area (Å²) in [5, 5.41) is 13.0. The first kappa shape index (κ1) is 27.7. The molecule has 0 radical (unpaired) electrons. The second-order valence-corrected chi connectivity index (χ2v) is 9.63. The maximum atomic E-state index is 13.5. The smallest absolute Gasteiger partial charge is 0.431 e. The Morgan fingerprint density at radius 3 is 2.47 bits per heavy atom. The number of nitrogens with one attached hydrogen (secondary N) is 3. The van der Waals surface area contributed by atoms with Gasteiger partial charge in [-0.3, -0.25) is 10.2 Å². The van der Waals surface area contributed by atoms with Crippen molar-refractivity contribution in [3.63, 3.8) is 0 Å². The first-order chi connectivity index (χ1) is 18.0. The molecule has 38 heavy (non-hydrogen) atoms. The number of piperidine rings is 2. The highest BCUT2D eigenvalue weighted by Crippen LogP contribution is 2.35. The minimum atomic E-state index is -4.68. The highest BCUT2D eigenvalue weighted by Gasteiger charge is 2.39. The second-order valence-electron chi connectivity index (χ2n) is 9.63. The molecular formula is C25H31F4N5O4. The summed E-state index contributed by atoms with van der Waals surface area (Å²) in [5.41, 5.74) is -0.591. The van der Waals surface area contributed by atoms with E-state index in [4.69, 9.17) is 14.9 Å². The lowest BCUT2D eigenvalue weighted by atomic mass is 9.87. The van der Waals surface area contributed by atoms with E-state index in [0.29, 0.717) is 57.1 Å². The van der Waals surface area contributed by atoms with Crippen LogP contribution in [0.1, 0.15) is 30.9 Å². The molecule has 4 rings (SSSR count). The van der Waals surface area contributed by atoms with Gasteiger partial charge in [0.15, 0.2) is 0 Å². The number of fused-ring (bicyclic) bond motifs is 1. The number of allylic oxidation sites excluding steroid dienone is 1. The number of ether oxygens (including phenoxy) is 2. The number of rotatable bonds is 5. The lowest BCUT2D eigenvalue weighted by Gasteiger charge is -2.44. The molecule has 13 heteroatoms. The van der Waals surface area contributed by atoms with E-state index in [-0.39, 0.29) is 36.6 Å². The molecule has 3 heterocycles. The molecule has 0 spiro atoms. The molecule has 3 fully saturated rings. The molecule has 208 valence electrons. The third kappa shape index (κ3) is 6.55. The summed E-state index contributed by atoms with van der Waals surface area (Å²) in [6.45, 7) is 1.65. The molecule has 1 aromatic rings. The minimum Gasteiger partial charge on any atom is -0.470 e. The van der Waals surface area contributed by atoms with Gasteiger partial charge in [0, 0.05) is 45.2 Å². The zero-order valence-electron chi connectivity index (χ0n) is 20.9. The van der Waals surface area contributed by atoms with E-state index in [2.05, 4.69) is 5.32 Å². The van der Waals surface area contributed by atoms with Crippen LogP contribution < -0.4 is 10.6 Å². The largest absolute Gasteiger partial charge is 0.470 e. The summed E-state index contributed by atoms with van der Waals surface area (Å²) in [6, 6.07) is 5.04. The van der Waals surface area contributed by atoms with Crippen LogP contribution in [-0.2, 0) is 14.3 Å². The monoisotopic (exact) mass is 541 g/mol. The third-order valence-corrected chi connectivity index (χ3v) is 7.14. The average Bonchev–Trinajstić information content (AvgIpc) is 2.89. The van der Waals surface area contributed by atoms with Gasteiger partial charge in [-0.05, 0) is 37.0 Å². The van der Waals surface area contributed by atoms with E-state index in [0.717, 1.165) is 7.05 Å². The number of likely N-dealkylation sites (tertiary alicyclic amines) is 2. The molecular weight excluding hydrogens is 510 g/mol. The zero-order chi connectivity index (χ0) is 27.4. The molecule has 0 aliphatic carbocycles. The number of benzene rings is 1. The Morgan fingerprint density at radius 1 is 1.18 bits per heavy atom. The van der Waals surface area contributed by atoms with Crippen LogP contribution in [0, 0.1) is 17.1 Å². The van der Waals surface area contributed by atoms with Gasteiger partial charge in [0.25, 0.3) is 0 Å². The number of amides is 3. The summed E-state index contributed by atoms with van der Waals surface area (Å²) in [5.74, 6) is -1.58. The van der Waals surface area contributed by atoms with Crippen molar-refractivity contribution in [2.24, 2.45) is 5.92 Å². The van der Waals surface area contributed by atoms with E-state index in [1.165, 1.54) is 24.3 Å². The Bertz CT molecular complexity index is 1060. The number of morpholine rings is 1. The Morgan fingerprint density at radius 2 is 1.84 bits per heavy atom. The van der Waals surface area contributed by atoms with Gasteiger partial charge in [0.1, 0.15) is 24.2 Å². The number of halogens is 4. The molecule has 0 bridgehead atoms. The van der Waals surface area contributed by atoms with Gasteiger partial charge in [-0.2, -0.15) is 13.2 Å². The lowest BCUT2D eigenvalue weighted by Crippen LogP contribution is -2.62. The molecule has 3 aliphatic heterocycles. The van der Waals surface area contributed by atoms with Crippen LogP contribution in [0.25, 0.3) is 0 Å². The number of urea groups is 1. The van der Waals surface area contributed by atoms with E-state index >= 15 is 0 Å². The number of hydrogen-bond acceptors (Lipinski definition) is 6. The van der Waals surface area contributed by atoms with Crippen molar-refractivity contribution in [3.8, 4) is 0 Å². The van der Waals surface area contributed by atoms with Crippen LogP contribution in [0.15, 0.2) is 36.0 Å². The van der Waals surface area contributed by atoms with Gasteiger partial charge in [0.05, 0.1) is 12.1 Å². The summed E-state index contributed by atoms with van der Waals surface area (Å²) < 4.78 is 64.2. The molecule has 3 N–H and O–H groups in total. The molecule has 9 nitrogen and oxygen atoms in total. The Hall–Kier alpha value is -3.35. The fraction of sp³-hybridized carbons (Fsp3) is 0.560. The fourth-order valence-corrected chi connectivity index (χ4v) is 5.15. The van der Waals surface area contributed by atoms with Gasteiger partial charge in [-0.15, -0.1) is 0 Å². The normalized spacial score (nSPS) is 23.8. The summed E-state index contributed by atoms with van der Waals surface area (Å²) in [7, 11) is 1.11. The van der Waals surface area contributed by atoms with Crippen LogP contribution in [0.2, 0.25) is 0 Å². The van der Waals surface area contributed by atoms with Crippen LogP contribution >= 0.6 is 0 Å². The quantitative estimate of drug-likeness (QED) is 0.302. The van der Waals surface area contributed by atoms with Crippen LogP contribution in [0.5, 0.6) is 0 Å². The maximum absolute atomic E-state index is 13.5. The van der Waals surface area contributed by atoms with Crippen molar-refractivity contribution < 1.29 is 36.6 Å². The van der Waals surface area contributed by atoms with Gasteiger partial charge in [-0.1, -0.05) is 12.1 Å². The second kappa shape index (κ2) is 11.6. The Kier molecular flexibility index (Phi) is 8.44. The molecule has 2 unspecified atom stereocenters. The molecule has 3 aliphatic rings. The molecule has 3 saturated heterocycles. The van der Waals surface area contributed by atoms with Crippen molar-refractivity contribution in [2.75, 3.05) is 39.8 Å². The van der Waals surface area contributed by atoms with Crippen molar-refractivity contribution in [1.29, 1.82) is 5.41 Å². The number of nitrogens with zero attached hydrogens (tertiary/aromatic N) is 2. The third-order valence-electron chi connectivity index (χ3n) is 7.14. The minimum absolute atomic E-state index is 0.0274. The van der Waals surface area contributed by atoms with E-state index in [1.807, 2.05) is 5.32 Å². The average molecular weight is 542 g/mol. The number of hydrogen-bond donors (Lipinski definition) is 3. The maximum Gasteiger partial charge on any atom is 0.431 e. The van der Waals surface area contributed by atoms with E-state index in [1.54, 1.807) is 9.80 Å². The van der Waals surface area contributed by atoms with Crippen molar-refractivity contribution in [2.45, 2.75) is 43.7 Å². The van der Waals surface area contributed by atoms with Crippen molar-refractivity contribution in [1.82, 2.24) is 20.4 Å². The van der Waals surface area contributed by atoms with Crippen molar-refractivity contribution in [3.05, 3.63) is 47.4 Å². The van der Waals surface area contributed by atoms with Gasteiger partial charge in [0.2, 0.25) is 11.8 Å². The molecule has 0 aromatic heterocycles. The summed E-state index contributed by atoms with van der Waals surface area (Å²) in [4.78, 5) is 28.3. The van der Waals surface area contributed by atoms with E-state index in [9.17, 15) is 27.2 Å². The van der Waals surface area contributed by atoms with E-state index < -0.39 is 29.7 Å². The van der Waals surface area contributed by atoms with Gasteiger partial charge in [-0.25, -0.2) is 9.18 Å². The van der Waals surface area contributed by atoms with Crippen LogP contribution in [0.3, 0.4) is 0 Å². The van der Waals surface area contributed by atoms with Crippen molar-refractivity contribution >= 4 is 17.8 Å². The number of carbonyl (C=O) groups excluding carboxylic acids is 2. The first-order valence-corrected chi connectivity index (χ1v) is 12.5. The Labute approximate surface area is 217 Å². The number of alkyl halides is 3. The standard InChI is InChI=1S/C25H31F4N5O4/c1-31-20(25(27,28)29)12-21(30)38-23(15-2-4-17(26)5-3-15)16-6-9-33(10-7-16)24(36)34-11-8-19-18(13-34)32-22(35)14-37-19/h2-5,12,16,18-19,23,30-31H,6-11,13-14H2,1H3,(H,32,35)/b20-12-,30-21?/t18?,19-,23?/m0/s1. The molecule has 0 saturated carbocycles. The zero-order valence-corrected chi connectivity index (χ0v) is 20.9. The highest BCUT2D eigenvalue weighted by molar-refractivity contribution is 5.85. The SMILES string of the molecule is CN/C(=C\C(=N)OC(c1ccc(F)cc1)C1CCN(C(=O)N2CC[C@@H]3OCC(=O)NC3C2)CC1)C(F)(F)F. The Balaban J connectivity index is 1.41. The summed E-state index contributed by atoms with van der Waals surface area (Å²) in [6.07, 6.45) is -3.44. The first-order valence-electron chi connectivity index (χ1n) is 12.5. The summed E-state index contributed by atoms with van der Waals surface area (Å²) >= 11 is 0. The molecule has 3 atom stereocenters. The highest BCUT2D eigenvalue weighted by atomic mass is 19.4. The van der Waals surface area contributed by atoms with Crippen LogP contribution in [0.4, 0.5) is 22.4 Å². The topological polar surface area (TPSA) is 107 Å². The predicted octanol–water partition coefficient (Wildman–Crippen LogP) is 2.95. The molecule has 1 aromatic carbocycles.